The second-order valence-corrected chi connectivity index (χ2v) is 8.29. The normalized spacial score (nSPS) is 21.0. The zero-order valence-electron chi connectivity index (χ0n) is 15.9. The number of carbonyl (C=O) groups excluding carboxylic acids is 3. The molecule has 1 unspecified atom stereocenters. The Morgan fingerprint density at radius 1 is 1.32 bits per heavy atom. The number of hydrogen-bond donors (Lipinski definition) is 2. The summed E-state index contributed by atoms with van der Waals surface area (Å²) in [6.45, 7) is 3.15. The minimum atomic E-state index is -0.945. The highest BCUT2D eigenvalue weighted by atomic mass is 32.1. The summed E-state index contributed by atoms with van der Waals surface area (Å²) >= 11 is 1.32. The summed E-state index contributed by atoms with van der Waals surface area (Å²) in [7, 11) is 0. The molecule has 7 nitrogen and oxygen atoms in total. The largest absolute Gasteiger partial charge is 0.325 e. The Morgan fingerprint density at radius 2 is 2.11 bits per heavy atom. The molecule has 1 aliphatic carbocycles. The Bertz CT molecular complexity index is 970. The number of thiazole rings is 1. The number of amides is 4. The molecule has 1 atom stereocenters. The van der Waals surface area contributed by atoms with Crippen molar-refractivity contribution in [3.63, 3.8) is 0 Å². The molecule has 0 radical (unpaired) electrons. The average molecular weight is 398 g/mol. The highest BCUT2D eigenvalue weighted by molar-refractivity contribution is 7.14. The fourth-order valence-corrected chi connectivity index (χ4v) is 4.36. The summed E-state index contributed by atoms with van der Waals surface area (Å²) < 4.78 is 0. The van der Waals surface area contributed by atoms with E-state index in [1.54, 1.807) is 6.92 Å². The maximum absolute atomic E-state index is 12.4. The van der Waals surface area contributed by atoms with Crippen LogP contribution >= 0.6 is 11.3 Å². The van der Waals surface area contributed by atoms with E-state index in [-0.39, 0.29) is 12.5 Å². The fourth-order valence-electron chi connectivity index (χ4n) is 3.63. The molecule has 1 aliphatic heterocycles. The highest BCUT2D eigenvalue weighted by Crippen LogP contribution is 2.30. The molecule has 0 saturated carbocycles. The van der Waals surface area contributed by atoms with Crippen molar-refractivity contribution < 1.29 is 14.4 Å². The van der Waals surface area contributed by atoms with Crippen molar-refractivity contribution in [2.24, 2.45) is 0 Å². The van der Waals surface area contributed by atoms with E-state index in [9.17, 15) is 14.4 Å². The van der Waals surface area contributed by atoms with E-state index in [1.807, 2.05) is 12.3 Å². The maximum Gasteiger partial charge on any atom is 0.325 e. The lowest BCUT2D eigenvalue weighted by atomic mass is 9.99. The van der Waals surface area contributed by atoms with Crippen LogP contribution in [0.15, 0.2) is 23.6 Å². The van der Waals surface area contributed by atoms with Gasteiger partial charge >= 0.3 is 6.03 Å². The van der Waals surface area contributed by atoms with Gasteiger partial charge in [0.15, 0.2) is 5.13 Å². The maximum atomic E-state index is 12.4. The first-order chi connectivity index (χ1) is 13.4. The van der Waals surface area contributed by atoms with Gasteiger partial charge in [-0.1, -0.05) is 19.1 Å². The summed E-state index contributed by atoms with van der Waals surface area (Å²) in [6, 6.07) is 5.84. The molecule has 2 aromatic rings. The number of hydrogen-bond acceptors (Lipinski definition) is 5. The van der Waals surface area contributed by atoms with Crippen molar-refractivity contribution in [1.82, 2.24) is 15.2 Å². The van der Waals surface area contributed by atoms with E-state index in [1.165, 1.54) is 28.9 Å². The van der Waals surface area contributed by atoms with Crippen LogP contribution in [0.25, 0.3) is 11.3 Å². The van der Waals surface area contributed by atoms with Crippen LogP contribution in [-0.2, 0) is 22.4 Å². The molecule has 1 aromatic carbocycles. The van der Waals surface area contributed by atoms with Crippen LogP contribution in [0.5, 0.6) is 0 Å². The van der Waals surface area contributed by atoms with Gasteiger partial charge in [-0.3, -0.25) is 14.5 Å². The monoisotopic (exact) mass is 398 g/mol. The molecule has 1 fully saturated rings. The van der Waals surface area contributed by atoms with Gasteiger partial charge in [-0.25, -0.2) is 9.78 Å². The number of benzene rings is 1. The van der Waals surface area contributed by atoms with Crippen molar-refractivity contribution in [3.8, 4) is 11.3 Å². The smallest absolute Gasteiger partial charge is 0.323 e. The SMILES string of the molecule is CCC1(C)NC(=O)N(CC(=O)Nc2nc(-c3ccc4c(c3)CCC4)cs2)C1=O. The molecule has 2 N–H and O–H groups in total. The van der Waals surface area contributed by atoms with Gasteiger partial charge < -0.3 is 10.6 Å². The van der Waals surface area contributed by atoms with Crippen molar-refractivity contribution in [2.75, 3.05) is 11.9 Å². The first-order valence-corrected chi connectivity index (χ1v) is 10.3. The van der Waals surface area contributed by atoms with Gasteiger partial charge in [-0.2, -0.15) is 0 Å². The molecule has 1 saturated heterocycles. The first-order valence-electron chi connectivity index (χ1n) is 9.41. The van der Waals surface area contributed by atoms with Gasteiger partial charge in [0, 0.05) is 10.9 Å². The van der Waals surface area contributed by atoms with Crippen LogP contribution in [0.3, 0.4) is 0 Å². The number of imide groups is 1. The van der Waals surface area contributed by atoms with E-state index in [4.69, 9.17) is 0 Å². The standard InChI is InChI=1S/C20H22N4O3S/c1-3-20(2)17(26)24(19(27)23-20)10-16(25)22-18-21-15(11-28-18)14-8-7-12-5-4-6-13(12)9-14/h7-9,11H,3-6,10H2,1-2H3,(H,23,27)(H,21,22,25). The number of urea groups is 1. The van der Waals surface area contributed by atoms with Gasteiger partial charge in [0.25, 0.3) is 5.91 Å². The molecule has 2 heterocycles. The van der Waals surface area contributed by atoms with E-state index >= 15 is 0 Å². The molecular formula is C20H22N4O3S. The molecular weight excluding hydrogens is 376 g/mol. The predicted molar refractivity (Wildman–Crippen MR) is 107 cm³/mol. The van der Waals surface area contributed by atoms with Gasteiger partial charge in [0.1, 0.15) is 12.1 Å². The molecule has 4 rings (SSSR count). The van der Waals surface area contributed by atoms with E-state index in [0.717, 1.165) is 29.0 Å². The number of anilines is 1. The van der Waals surface area contributed by atoms with E-state index in [2.05, 4.69) is 33.8 Å². The zero-order valence-corrected chi connectivity index (χ0v) is 16.7. The topological polar surface area (TPSA) is 91.4 Å². The van der Waals surface area contributed by atoms with Gasteiger partial charge in [-0.05, 0) is 49.8 Å². The average Bonchev–Trinajstić information content (AvgIpc) is 3.37. The summed E-state index contributed by atoms with van der Waals surface area (Å²) in [5.41, 5.74) is 3.67. The van der Waals surface area contributed by atoms with Crippen molar-refractivity contribution in [2.45, 2.75) is 45.1 Å². The number of fused-ring (bicyclic) bond motifs is 1. The zero-order chi connectivity index (χ0) is 19.9. The molecule has 2 aliphatic rings. The third-order valence-corrected chi connectivity index (χ3v) is 6.26. The number of aromatic nitrogens is 1. The number of nitrogens with one attached hydrogen (secondary N) is 2. The van der Waals surface area contributed by atoms with Gasteiger partial charge in [0.05, 0.1) is 5.69 Å². The molecule has 8 heteroatoms. The third-order valence-electron chi connectivity index (χ3n) is 5.50. The number of carbonyl (C=O) groups is 3. The third kappa shape index (κ3) is 3.28. The fraction of sp³-hybridized carbons (Fsp3) is 0.400. The Kier molecular flexibility index (Phi) is 4.66. The number of nitrogens with zero attached hydrogens (tertiary/aromatic N) is 2. The van der Waals surface area contributed by atoms with Gasteiger partial charge in [0.2, 0.25) is 5.91 Å². The second-order valence-electron chi connectivity index (χ2n) is 7.43. The van der Waals surface area contributed by atoms with Crippen LogP contribution in [0, 0.1) is 0 Å². The number of aryl methyl sites for hydroxylation is 2. The molecule has 4 amide bonds. The lowest BCUT2D eigenvalue weighted by Crippen LogP contribution is -2.44. The first kappa shape index (κ1) is 18.6. The summed E-state index contributed by atoms with van der Waals surface area (Å²) in [6.07, 6.45) is 3.89. The Morgan fingerprint density at radius 3 is 2.86 bits per heavy atom. The minimum absolute atomic E-state index is 0.325. The summed E-state index contributed by atoms with van der Waals surface area (Å²) in [5, 5.41) is 7.68. The Hall–Kier alpha value is -2.74. The van der Waals surface area contributed by atoms with E-state index in [0.29, 0.717) is 11.6 Å². The lowest BCUT2D eigenvalue weighted by molar-refractivity contribution is -0.133. The molecule has 146 valence electrons. The van der Waals surface area contributed by atoms with Crippen molar-refractivity contribution >= 4 is 34.3 Å². The predicted octanol–water partition coefficient (Wildman–Crippen LogP) is 2.96. The summed E-state index contributed by atoms with van der Waals surface area (Å²) in [4.78, 5) is 42.2. The van der Waals surface area contributed by atoms with Gasteiger partial charge in [-0.15, -0.1) is 11.3 Å². The molecule has 0 spiro atoms. The molecule has 0 bridgehead atoms. The molecule has 28 heavy (non-hydrogen) atoms. The number of rotatable bonds is 5. The highest BCUT2D eigenvalue weighted by Gasteiger charge is 2.47. The van der Waals surface area contributed by atoms with Crippen LogP contribution < -0.4 is 10.6 Å². The van der Waals surface area contributed by atoms with E-state index < -0.39 is 17.5 Å². The quantitative estimate of drug-likeness (QED) is 0.758. The summed E-state index contributed by atoms with van der Waals surface area (Å²) in [5.74, 6) is -0.827. The van der Waals surface area contributed by atoms with Crippen LogP contribution in [-0.4, -0.2) is 39.8 Å². The van der Waals surface area contributed by atoms with Crippen LogP contribution in [0.1, 0.15) is 37.8 Å². The molecule has 1 aromatic heterocycles. The second kappa shape index (κ2) is 7.01. The Balaban J connectivity index is 1.42. The van der Waals surface area contributed by atoms with Crippen LogP contribution in [0.2, 0.25) is 0 Å². The minimum Gasteiger partial charge on any atom is -0.323 e. The van der Waals surface area contributed by atoms with Crippen molar-refractivity contribution in [3.05, 3.63) is 34.7 Å². The Labute approximate surface area is 167 Å². The van der Waals surface area contributed by atoms with Crippen LogP contribution in [0.4, 0.5) is 9.93 Å². The lowest BCUT2D eigenvalue weighted by Gasteiger charge is -2.18. The van der Waals surface area contributed by atoms with Crippen molar-refractivity contribution in [1.29, 1.82) is 0 Å².